The molecule has 3 aromatic carbocycles. The predicted octanol–water partition coefficient (Wildman–Crippen LogP) is 7.09. The maximum atomic E-state index is 14.2. The van der Waals surface area contributed by atoms with Gasteiger partial charge in [0, 0.05) is 6.42 Å². The van der Waals surface area contributed by atoms with Gasteiger partial charge in [0.05, 0.1) is 5.56 Å². The van der Waals surface area contributed by atoms with Crippen molar-refractivity contribution in [2.24, 2.45) is 5.92 Å². The van der Waals surface area contributed by atoms with Crippen LogP contribution < -0.4 is 9.47 Å². The van der Waals surface area contributed by atoms with E-state index in [1.54, 1.807) is 54.6 Å². The molecule has 0 N–H and O–H groups in total. The Labute approximate surface area is 185 Å². The molecule has 3 aromatic rings. The lowest BCUT2D eigenvalue weighted by Gasteiger charge is -2.21. The lowest BCUT2D eigenvalue weighted by atomic mass is 9.97. The monoisotopic (exact) mass is 442 g/mol. The minimum atomic E-state index is -4.77. The summed E-state index contributed by atoms with van der Waals surface area (Å²) in [6, 6.07) is 20.3. The molecule has 32 heavy (non-hydrogen) atoms. The second kappa shape index (κ2) is 10.4. The molecular formula is C26H25F3O3. The van der Waals surface area contributed by atoms with Gasteiger partial charge in [0.1, 0.15) is 30.3 Å². The zero-order valence-electron chi connectivity index (χ0n) is 18.0. The number of ketones is 1. The zero-order chi connectivity index (χ0) is 23.1. The molecule has 0 aliphatic rings. The molecule has 0 spiro atoms. The number of halogens is 3. The standard InChI is InChI=1S/C26H25F3O3/c1-18(2)15-22(30)21-13-14-23(31-16-19-9-5-3-6-10-19)24(26(27,28)29)25(21)32-17-20-11-7-4-8-12-20/h3-14,18H,15-17H2,1-2H3. The van der Waals surface area contributed by atoms with Crippen molar-refractivity contribution in [1.29, 1.82) is 0 Å². The quantitative estimate of drug-likeness (QED) is 0.332. The highest BCUT2D eigenvalue weighted by Crippen LogP contribution is 2.45. The number of carbonyl (C=O) groups is 1. The Morgan fingerprint density at radius 1 is 0.812 bits per heavy atom. The molecule has 168 valence electrons. The number of alkyl halides is 3. The number of ether oxygens (including phenoxy) is 2. The third kappa shape index (κ3) is 6.13. The fourth-order valence-electron chi connectivity index (χ4n) is 3.27. The number of rotatable bonds is 9. The van der Waals surface area contributed by atoms with Crippen molar-refractivity contribution in [3.63, 3.8) is 0 Å². The highest BCUT2D eigenvalue weighted by Gasteiger charge is 2.40. The van der Waals surface area contributed by atoms with E-state index >= 15 is 0 Å². The van der Waals surface area contributed by atoms with Gasteiger partial charge in [0.2, 0.25) is 0 Å². The molecule has 0 aromatic heterocycles. The fourth-order valence-corrected chi connectivity index (χ4v) is 3.27. The molecule has 0 atom stereocenters. The van der Waals surface area contributed by atoms with Crippen LogP contribution in [0.15, 0.2) is 72.8 Å². The van der Waals surface area contributed by atoms with Gasteiger partial charge in [-0.15, -0.1) is 0 Å². The van der Waals surface area contributed by atoms with E-state index in [1.165, 1.54) is 12.1 Å². The van der Waals surface area contributed by atoms with Gasteiger partial charge in [-0.25, -0.2) is 0 Å². The topological polar surface area (TPSA) is 35.5 Å². The third-order valence-corrected chi connectivity index (χ3v) is 4.76. The van der Waals surface area contributed by atoms with E-state index in [0.29, 0.717) is 5.56 Å². The highest BCUT2D eigenvalue weighted by molar-refractivity contribution is 5.99. The number of carbonyl (C=O) groups excluding carboxylic acids is 1. The van der Waals surface area contributed by atoms with Gasteiger partial charge in [-0.3, -0.25) is 4.79 Å². The maximum absolute atomic E-state index is 14.2. The van der Waals surface area contributed by atoms with Crippen molar-refractivity contribution >= 4 is 5.78 Å². The van der Waals surface area contributed by atoms with Crippen LogP contribution in [-0.4, -0.2) is 5.78 Å². The Morgan fingerprint density at radius 2 is 1.34 bits per heavy atom. The van der Waals surface area contributed by atoms with Gasteiger partial charge in [-0.05, 0) is 29.2 Å². The molecule has 6 heteroatoms. The first-order valence-corrected chi connectivity index (χ1v) is 10.4. The van der Waals surface area contributed by atoms with Crippen LogP contribution in [0.5, 0.6) is 11.5 Å². The summed E-state index contributed by atoms with van der Waals surface area (Å²) < 4.78 is 53.8. The first-order chi connectivity index (χ1) is 15.3. The molecule has 0 unspecified atom stereocenters. The highest BCUT2D eigenvalue weighted by atomic mass is 19.4. The van der Waals surface area contributed by atoms with E-state index in [9.17, 15) is 18.0 Å². The first-order valence-electron chi connectivity index (χ1n) is 10.4. The molecule has 0 saturated carbocycles. The van der Waals surface area contributed by atoms with E-state index in [4.69, 9.17) is 9.47 Å². The maximum Gasteiger partial charge on any atom is 0.423 e. The molecule has 0 aliphatic heterocycles. The van der Waals surface area contributed by atoms with Gasteiger partial charge in [-0.1, -0.05) is 74.5 Å². The number of benzene rings is 3. The second-order valence-corrected chi connectivity index (χ2v) is 7.88. The molecule has 3 nitrogen and oxygen atoms in total. The average Bonchev–Trinajstić information content (AvgIpc) is 2.76. The van der Waals surface area contributed by atoms with Gasteiger partial charge < -0.3 is 9.47 Å². The van der Waals surface area contributed by atoms with Gasteiger partial charge in [-0.2, -0.15) is 13.2 Å². The SMILES string of the molecule is CC(C)CC(=O)c1ccc(OCc2ccccc2)c(C(F)(F)F)c1OCc1ccccc1. The normalized spacial score (nSPS) is 11.4. The van der Waals surface area contributed by atoms with Crippen LogP contribution in [0.2, 0.25) is 0 Å². The largest absolute Gasteiger partial charge is 0.488 e. The van der Waals surface area contributed by atoms with Gasteiger partial charge in [0.25, 0.3) is 0 Å². The van der Waals surface area contributed by atoms with Crippen molar-refractivity contribution in [2.45, 2.75) is 39.7 Å². The summed E-state index contributed by atoms with van der Waals surface area (Å²) >= 11 is 0. The summed E-state index contributed by atoms with van der Waals surface area (Å²) in [4.78, 5) is 12.8. The Morgan fingerprint density at radius 3 is 1.84 bits per heavy atom. The smallest absolute Gasteiger partial charge is 0.423 e. The Hall–Kier alpha value is -3.28. The summed E-state index contributed by atoms with van der Waals surface area (Å²) in [5, 5.41) is 0. The van der Waals surface area contributed by atoms with E-state index < -0.39 is 23.3 Å². The molecular weight excluding hydrogens is 417 g/mol. The van der Waals surface area contributed by atoms with Crippen molar-refractivity contribution in [3.8, 4) is 11.5 Å². The Balaban J connectivity index is 2.02. The molecule has 3 rings (SSSR count). The lowest BCUT2D eigenvalue weighted by molar-refractivity contribution is -0.140. The van der Waals surface area contributed by atoms with Crippen molar-refractivity contribution < 1.29 is 27.4 Å². The van der Waals surface area contributed by atoms with E-state index in [-0.39, 0.29) is 36.9 Å². The molecule has 0 amide bonds. The van der Waals surface area contributed by atoms with Crippen LogP contribution in [0.3, 0.4) is 0 Å². The predicted molar refractivity (Wildman–Crippen MR) is 117 cm³/mol. The molecule has 0 aliphatic carbocycles. The lowest BCUT2D eigenvalue weighted by Crippen LogP contribution is -2.16. The average molecular weight is 442 g/mol. The minimum absolute atomic E-state index is 0.00665. The first kappa shape index (κ1) is 23.4. The molecule has 0 saturated heterocycles. The summed E-state index contributed by atoms with van der Waals surface area (Å²) in [7, 11) is 0. The number of Topliss-reactive ketones (excluding diaryl/α,β-unsaturated/α-hetero) is 1. The molecule has 0 heterocycles. The Kier molecular flexibility index (Phi) is 7.57. The Bertz CT molecular complexity index is 1030. The summed E-state index contributed by atoms with van der Waals surface area (Å²) in [5.74, 6) is -1.26. The van der Waals surface area contributed by atoms with E-state index in [1.807, 2.05) is 19.9 Å². The van der Waals surface area contributed by atoms with Crippen LogP contribution in [-0.2, 0) is 19.4 Å². The number of hydrogen-bond acceptors (Lipinski definition) is 3. The van der Waals surface area contributed by atoms with Crippen LogP contribution in [0, 0.1) is 5.92 Å². The molecule has 0 radical (unpaired) electrons. The zero-order valence-corrected chi connectivity index (χ0v) is 18.0. The van der Waals surface area contributed by atoms with Crippen molar-refractivity contribution in [3.05, 3.63) is 95.1 Å². The molecule has 0 fully saturated rings. The second-order valence-electron chi connectivity index (χ2n) is 7.88. The third-order valence-electron chi connectivity index (χ3n) is 4.76. The van der Waals surface area contributed by atoms with Gasteiger partial charge >= 0.3 is 6.18 Å². The fraction of sp³-hybridized carbons (Fsp3) is 0.269. The summed E-state index contributed by atoms with van der Waals surface area (Å²) in [5.41, 5.74) is 0.263. The van der Waals surface area contributed by atoms with Gasteiger partial charge in [0.15, 0.2) is 5.78 Å². The van der Waals surface area contributed by atoms with Crippen molar-refractivity contribution in [1.82, 2.24) is 0 Å². The van der Waals surface area contributed by atoms with Crippen molar-refractivity contribution in [2.75, 3.05) is 0 Å². The van der Waals surface area contributed by atoms with Crippen LogP contribution >= 0.6 is 0 Å². The summed E-state index contributed by atoms with van der Waals surface area (Å²) in [6.07, 6.45) is -4.66. The minimum Gasteiger partial charge on any atom is -0.488 e. The van der Waals surface area contributed by atoms with Crippen LogP contribution in [0.25, 0.3) is 0 Å². The van der Waals surface area contributed by atoms with Crippen LogP contribution in [0.4, 0.5) is 13.2 Å². The number of hydrogen-bond donors (Lipinski definition) is 0. The summed E-state index contributed by atoms with van der Waals surface area (Å²) in [6.45, 7) is 3.53. The molecule has 0 bridgehead atoms. The van der Waals surface area contributed by atoms with E-state index in [0.717, 1.165) is 5.56 Å². The van der Waals surface area contributed by atoms with Crippen LogP contribution in [0.1, 0.15) is 47.3 Å². The van der Waals surface area contributed by atoms with E-state index in [2.05, 4.69) is 0 Å².